The Labute approximate surface area is 123 Å². The molecule has 1 aromatic rings. The van der Waals surface area contributed by atoms with Crippen LogP contribution in [0.4, 0.5) is 0 Å². The largest absolute Gasteiger partial charge is 0.492 e. The van der Waals surface area contributed by atoms with Crippen molar-refractivity contribution in [3.8, 4) is 5.75 Å². The first-order valence-corrected chi connectivity index (χ1v) is 8.52. The Morgan fingerprint density at radius 2 is 1.88 bits per heavy atom. The predicted molar refractivity (Wildman–Crippen MR) is 73.9 cm³/mol. The molecule has 0 N–H and O–H groups in total. The number of ether oxygens (including phenoxy) is 1. The molecule has 0 heterocycles. The standard InChI is InChI=1S/C9H8BrCl3O3S/c10-6-4-8(12)9(5-7(6)11)16-2-1-3-17(13,14)15/h4-5H,1-3H2. The van der Waals surface area contributed by atoms with Crippen LogP contribution in [0.25, 0.3) is 0 Å². The van der Waals surface area contributed by atoms with Crippen LogP contribution in [0.5, 0.6) is 5.75 Å². The quantitative estimate of drug-likeness (QED) is 0.438. The van der Waals surface area contributed by atoms with Gasteiger partial charge in [-0.3, -0.25) is 0 Å². The summed E-state index contributed by atoms with van der Waals surface area (Å²) in [6, 6.07) is 3.17. The van der Waals surface area contributed by atoms with E-state index in [0.717, 1.165) is 0 Å². The fourth-order valence-electron chi connectivity index (χ4n) is 1.03. The Bertz CT molecular complexity index is 504. The lowest BCUT2D eigenvalue weighted by atomic mass is 10.3. The summed E-state index contributed by atoms with van der Waals surface area (Å²) in [6.07, 6.45) is 0.288. The van der Waals surface area contributed by atoms with E-state index in [4.69, 9.17) is 38.6 Å². The van der Waals surface area contributed by atoms with E-state index >= 15 is 0 Å². The minimum absolute atomic E-state index is 0.142. The van der Waals surface area contributed by atoms with E-state index in [9.17, 15) is 8.42 Å². The van der Waals surface area contributed by atoms with E-state index in [0.29, 0.717) is 20.3 Å². The second kappa shape index (κ2) is 6.48. The van der Waals surface area contributed by atoms with Gasteiger partial charge in [-0.1, -0.05) is 23.2 Å². The average molecular weight is 382 g/mol. The van der Waals surface area contributed by atoms with E-state index in [2.05, 4.69) is 15.9 Å². The highest BCUT2D eigenvalue weighted by Crippen LogP contribution is 2.34. The van der Waals surface area contributed by atoms with Crippen LogP contribution in [0.1, 0.15) is 6.42 Å². The molecule has 0 unspecified atom stereocenters. The molecule has 0 atom stereocenters. The number of hydrogen-bond acceptors (Lipinski definition) is 3. The minimum Gasteiger partial charge on any atom is -0.492 e. The number of hydrogen-bond donors (Lipinski definition) is 0. The van der Waals surface area contributed by atoms with E-state index in [1.165, 1.54) is 0 Å². The Kier molecular flexibility index (Phi) is 5.86. The summed E-state index contributed by atoms with van der Waals surface area (Å²) in [4.78, 5) is 0. The number of benzene rings is 1. The molecular formula is C9H8BrCl3O3S. The molecular weight excluding hydrogens is 374 g/mol. The van der Waals surface area contributed by atoms with Gasteiger partial charge in [0.15, 0.2) is 0 Å². The fraction of sp³-hybridized carbons (Fsp3) is 0.333. The van der Waals surface area contributed by atoms with Gasteiger partial charge in [-0.2, -0.15) is 0 Å². The van der Waals surface area contributed by atoms with E-state index in [1.54, 1.807) is 12.1 Å². The molecule has 96 valence electrons. The Morgan fingerprint density at radius 3 is 2.47 bits per heavy atom. The van der Waals surface area contributed by atoms with Gasteiger partial charge < -0.3 is 4.74 Å². The second-order valence-corrected chi connectivity index (χ2v) is 7.71. The third kappa shape index (κ3) is 5.66. The molecule has 0 radical (unpaired) electrons. The SMILES string of the molecule is O=S(=O)(Cl)CCCOc1cc(Cl)c(Br)cc1Cl. The zero-order chi connectivity index (χ0) is 13.1. The van der Waals surface area contributed by atoms with Crippen molar-refractivity contribution in [1.29, 1.82) is 0 Å². The summed E-state index contributed by atoms with van der Waals surface area (Å²) in [5.41, 5.74) is 0. The molecule has 0 spiro atoms. The van der Waals surface area contributed by atoms with Crippen LogP contribution in [-0.4, -0.2) is 20.8 Å². The first kappa shape index (κ1) is 15.4. The molecule has 0 aliphatic heterocycles. The maximum absolute atomic E-state index is 10.7. The lowest BCUT2D eigenvalue weighted by Gasteiger charge is -2.08. The summed E-state index contributed by atoms with van der Waals surface area (Å²) >= 11 is 15.0. The fourth-order valence-corrected chi connectivity index (χ4v) is 2.67. The molecule has 0 saturated carbocycles. The van der Waals surface area contributed by atoms with Crippen molar-refractivity contribution in [2.75, 3.05) is 12.4 Å². The van der Waals surface area contributed by atoms with Crippen LogP contribution in [-0.2, 0) is 9.05 Å². The normalized spacial score (nSPS) is 11.5. The first-order chi connectivity index (χ1) is 7.79. The van der Waals surface area contributed by atoms with Crippen molar-refractivity contribution >= 4 is 58.9 Å². The van der Waals surface area contributed by atoms with Gasteiger partial charge in [-0.25, -0.2) is 8.42 Å². The molecule has 3 nitrogen and oxygen atoms in total. The number of rotatable bonds is 5. The molecule has 8 heteroatoms. The summed E-state index contributed by atoms with van der Waals surface area (Å²) in [6.45, 7) is 0.198. The second-order valence-electron chi connectivity index (χ2n) is 3.14. The van der Waals surface area contributed by atoms with Crippen molar-refractivity contribution in [3.63, 3.8) is 0 Å². The van der Waals surface area contributed by atoms with Crippen LogP contribution in [0.15, 0.2) is 16.6 Å². The maximum atomic E-state index is 10.7. The highest BCUT2D eigenvalue weighted by Gasteiger charge is 2.08. The molecule has 0 saturated heterocycles. The Hall–Kier alpha value is 0.320. The van der Waals surface area contributed by atoms with Gasteiger partial charge in [-0.15, -0.1) is 0 Å². The van der Waals surface area contributed by atoms with Crippen molar-refractivity contribution in [2.24, 2.45) is 0 Å². The van der Waals surface area contributed by atoms with Crippen LogP contribution in [0.2, 0.25) is 10.0 Å². The first-order valence-electron chi connectivity index (χ1n) is 4.49. The van der Waals surface area contributed by atoms with E-state index in [1.807, 2.05) is 0 Å². The van der Waals surface area contributed by atoms with Gasteiger partial charge in [0, 0.05) is 21.2 Å². The summed E-state index contributed by atoms with van der Waals surface area (Å²) in [5.74, 6) is 0.267. The third-order valence-electron chi connectivity index (χ3n) is 1.76. The molecule has 0 aromatic heterocycles. The smallest absolute Gasteiger partial charge is 0.232 e. The zero-order valence-electron chi connectivity index (χ0n) is 8.42. The lowest BCUT2D eigenvalue weighted by Crippen LogP contribution is -2.05. The molecule has 0 fully saturated rings. The minimum atomic E-state index is -3.48. The molecule has 17 heavy (non-hydrogen) atoms. The van der Waals surface area contributed by atoms with Crippen molar-refractivity contribution in [2.45, 2.75) is 6.42 Å². The summed E-state index contributed by atoms with van der Waals surface area (Å²) in [5, 5.41) is 0.865. The topological polar surface area (TPSA) is 43.4 Å². The highest BCUT2D eigenvalue weighted by molar-refractivity contribution is 9.10. The monoisotopic (exact) mass is 380 g/mol. The zero-order valence-corrected chi connectivity index (χ0v) is 13.1. The Balaban J connectivity index is 2.55. The van der Waals surface area contributed by atoms with Crippen molar-refractivity contribution < 1.29 is 13.2 Å². The van der Waals surface area contributed by atoms with Crippen LogP contribution >= 0.6 is 49.8 Å². The predicted octanol–water partition coefficient (Wildman–Crippen LogP) is 4.09. The van der Waals surface area contributed by atoms with E-state index in [-0.39, 0.29) is 18.8 Å². The molecule has 0 amide bonds. The van der Waals surface area contributed by atoms with Gasteiger partial charge >= 0.3 is 0 Å². The summed E-state index contributed by atoms with van der Waals surface area (Å²) in [7, 11) is 1.58. The van der Waals surface area contributed by atoms with Gasteiger partial charge in [-0.05, 0) is 28.4 Å². The van der Waals surface area contributed by atoms with Gasteiger partial charge in [0.05, 0.1) is 22.4 Å². The molecule has 0 bridgehead atoms. The van der Waals surface area contributed by atoms with Crippen LogP contribution < -0.4 is 4.74 Å². The summed E-state index contributed by atoms with van der Waals surface area (Å²) < 4.78 is 27.3. The highest BCUT2D eigenvalue weighted by atomic mass is 79.9. The third-order valence-corrected chi connectivity index (χ3v) is 4.50. The molecule has 0 aliphatic carbocycles. The van der Waals surface area contributed by atoms with Crippen LogP contribution in [0.3, 0.4) is 0 Å². The molecule has 0 aliphatic rings. The van der Waals surface area contributed by atoms with Crippen LogP contribution in [0, 0.1) is 0 Å². The average Bonchev–Trinajstić information content (AvgIpc) is 2.18. The van der Waals surface area contributed by atoms with E-state index < -0.39 is 9.05 Å². The molecule has 1 rings (SSSR count). The van der Waals surface area contributed by atoms with Gasteiger partial charge in [0.2, 0.25) is 9.05 Å². The van der Waals surface area contributed by atoms with Crippen molar-refractivity contribution in [3.05, 3.63) is 26.7 Å². The Morgan fingerprint density at radius 1 is 1.24 bits per heavy atom. The van der Waals surface area contributed by atoms with Gasteiger partial charge in [0.1, 0.15) is 5.75 Å². The van der Waals surface area contributed by atoms with Crippen molar-refractivity contribution in [1.82, 2.24) is 0 Å². The van der Waals surface area contributed by atoms with Gasteiger partial charge in [0.25, 0.3) is 0 Å². The molecule has 1 aromatic carbocycles. The number of halogens is 4. The maximum Gasteiger partial charge on any atom is 0.232 e. The lowest BCUT2D eigenvalue weighted by molar-refractivity contribution is 0.318.